The Morgan fingerprint density at radius 3 is 2.41 bits per heavy atom. The lowest BCUT2D eigenvalue weighted by Gasteiger charge is -2.29. The molecule has 1 N–H and O–H groups in total. The molecule has 180 valence electrons. The molecule has 8 nitrogen and oxygen atoms in total. The van der Waals surface area contributed by atoms with E-state index < -0.39 is 12.4 Å². The lowest BCUT2D eigenvalue weighted by Crippen LogP contribution is -2.43. The number of amides is 1. The van der Waals surface area contributed by atoms with Gasteiger partial charge >= 0.3 is 6.36 Å². The van der Waals surface area contributed by atoms with Crippen LogP contribution in [0.2, 0.25) is 5.02 Å². The van der Waals surface area contributed by atoms with Gasteiger partial charge in [0.15, 0.2) is 0 Å². The first-order valence-electron chi connectivity index (χ1n) is 10.3. The maximum absolute atomic E-state index is 12.8. The molecular weight excluding hydrogens is 477 g/mol. The molecule has 12 heteroatoms. The highest BCUT2D eigenvalue weighted by Gasteiger charge is 2.31. The van der Waals surface area contributed by atoms with Gasteiger partial charge in [-0.3, -0.25) is 9.69 Å². The molecule has 1 saturated heterocycles. The van der Waals surface area contributed by atoms with Gasteiger partial charge in [0, 0.05) is 35.8 Å². The maximum Gasteiger partial charge on any atom is 0.573 e. The summed E-state index contributed by atoms with van der Waals surface area (Å²) in [5.41, 5.74) is 0.818. The maximum atomic E-state index is 12.8. The number of hydrogen-bond donors (Lipinski definition) is 1. The van der Waals surface area contributed by atoms with Gasteiger partial charge in [0.05, 0.1) is 13.2 Å². The number of nitrogens with one attached hydrogen (secondary N) is 1. The van der Waals surface area contributed by atoms with E-state index in [1.807, 2.05) is 0 Å². The van der Waals surface area contributed by atoms with Crippen LogP contribution in [0.3, 0.4) is 0 Å². The van der Waals surface area contributed by atoms with Gasteiger partial charge < -0.3 is 19.2 Å². The number of ether oxygens (including phenoxy) is 2. The van der Waals surface area contributed by atoms with Crippen LogP contribution < -0.4 is 10.1 Å². The monoisotopic (exact) mass is 496 g/mol. The fourth-order valence-electron chi connectivity index (χ4n) is 3.36. The van der Waals surface area contributed by atoms with E-state index in [0.717, 1.165) is 12.1 Å². The highest BCUT2D eigenvalue weighted by Crippen LogP contribution is 2.27. The topological polar surface area (TPSA) is 89.7 Å². The molecular formula is C22H20ClF3N4O4. The average molecular weight is 497 g/mol. The molecule has 0 saturated carbocycles. The van der Waals surface area contributed by atoms with E-state index in [0.29, 0.717) is 49.0 Å². The zero-order valence-corrected chi connectivity index (χ0v) is 18.5. The molecule has 1 aliphatic rings. The molecule has 1 aliphatic heterocycles. The Morgan fingerprint density at radius 2 is 1.76 bits per heavy atom. The van der Waals surface area contributed by atoms with E-state index >= 15 is 0 Å². The standard InChI is InChI=1S/C22H20ClF3N4O4/c23-16-5-1-14(2-6-16)19(31)27-18(13-30-9-11-32-12-10-30)21-29-28-20(33-21)15-3-7-17(8-4-15)34-22(24,25)26/h1-8,18H,9-13H2,(H,27,31). The van der Waals surface area contributed by atoms with Crippen LogP contribution in [0.25, 0.3) is 11.5 Å². The Balaban J connectivity index is 1.52. The second kappa shape index (κ2) is 10.4. The third kappa shape index (κ3) is 6.46. The van der Waals surface area contributed by atoms with Crippen LogP contribution in [0.4, 0.5) is 13.2 Å². The Kier molecular flexibility index (Phi) is 7.35. The van der Waals surface area contributed by atoms with E-state index in [2.05, 4.69) is 25.2 Å². The Hall–Kier alpha value is -3.15. The molecule has 1 aromatic heterocycles. The van der Waals surface area contributed by atoms with E-state index in [-0.39, 0.29) is 23.4 Å². The Labute approximate surface area is 197 Å². The summed E-state index contributed by atoms with van der Waals surface area (Å²) in [7, 11) is 0. The van der Waals surface area contributed by atoms with Crippen molar-refractivity contribution in [2.24, 2.45) is 0 Å². The predicted molar refractivity (Wildman–Crippen MR) is 115 cm³/mol. The zero-order valence-electron chi connectivity index (χ0n) is 17.7. The largest absolute Gasteiger partial charge is 0.573 e. The van der Waals surface area contributed by atoms with Gasteiger partial charge in [-0.2, -0.15) is 0 Å². The lowest BCUT2D eigenvalue weighted by atomic mass is 10.2. The number of carbonyl (C=O) groups excluding carboxylic acids is 1. The van der Waals surface area contributed by atoms with E-state index in [1.54, 1.807) is 24.3 Å². The molecule has 1 fully saturated rings. The lowest BCUT2D eigenvalue weighted by molar-refractivity contribution is -0.274. The number of rotatable bonds is 7. The van der Waals surface area contributed by atoms with Crippen LogP contribution in [-0.4, -0.2) is 60.2 Å². The number of halogens is 4. The molecule has 1 atom stereocenters. The number of alkyl halides is 3. The van der Waals surface area contributed by atoms with Crippen LogP contribution in [0.5, 0.6) is 5.75 Å². The highest BCUT2D eigenvalue weighted by atomic mass is 35.5. The molecule has 1 unspecified atom stereocenters. The molecule has 0 radical (unpaired) electrons. The van der Waals surface area contributed by atoms with Crippen molar-refractivity contribution in [3.05, 3.63) is 65.0 Å². The second-order valence-corrected chi connectivity index (χ2v) is 7.90. The first kappa shape index (κ1) is 24.0. The summed E-state index contributed by atoms with van der Waals surface area (Å²) < 4.78 is 52.2. The minimum atomic E-state index is -4.78. The van der Waals surface area contributed by atoms with E-state index in [1.165, 1.54) is 12.1 Å². The zero-order chi connectivity index (χ0) is 24.1. The fraction of sp³-hybridized carbons (Fsp3) is 0.318. The van der Waals surface area contributed by atoms with Crippen molar-refractivity contribution in [3.63, 3.8) is 0 Å². The van der Waals surface area contributed by atoms with Crippen LogP contribution in [0.1, 0.15) is 22.3 Å². The number of morpholine rings is 1. The van der Waals surface area contributed by atoms with Gasteiger partial charge in [-0.15, -0.1) is 23.4 Å². The molecule has 4 rings (SSSR count). The first-order valence-corrected chi connectivity index (χ1v) is 10.7. The summed E-state index contributed by atoms with van der Waals surface area (Å²) in [5, 5.41) is 11.5. The SMILES string of the molecule is O=C(NC(CN1CCOCC1)c1nnc(-c2ccc(OC(F)(F)F)cc2)o1)c1ccc(Cl)cc1. The second-order valence-electron chi connectivity index (χ2n) is 7.46. The third-order valence-corrected chi connectivity index (χ3v) is 5.28. The molecule has 3 aromatic rings. The van der Waals surface area contributed by atoms with Gasteiger partial charge in [-0.1, -0.05) is 11.6 Å². The predicted octanol–water partition coefficient (Wildman–Crippen LogP) is 4.09. The number of nitrogens with zero attached hydrogens (tertiary/aromatic N) is 3. The molecule has 1 amide bonds. The fourth-order valence-corrected chi connectivity index (χ4v) is 3.49. The quantitative estimate of drug-likeness (QED) is 0.527. The Bertz CT molecular complexity index is 1100. The normalized spacial score (nSPS) is 15.6. The molecule has 0 bridgehead atoms. The van der Waals surface area contributed by atoms with Crippen LogP contribution in [-0.2, 0) is 4.74 Å². The molecule has 2 aromatic carbocycles. The number of carbonyl (C=O) groups is 1. The van der Waals surface area contributed by atoms with Gasteiger partial charge in [0.25, 0.3) is 5.91 Å². The number of aromatic nitrogens is 2. The van der Waals surface area contributed by atoms with Crippen molar-refractivity contribution in [2.75, 3.05) is 32.8 Å². The summed E-state index contributed by atoms with van der Waals surface area (Å²) in [6.07, 6.45) is -4.78. The van der Waals surface area contributed by atoms with Crippen molar-refractivity contribution >= 4 is 17.5 Å². The number of benzene rings is 2. The Morgan fingerprint density at radius 1 is 1.09 bits per heavy atom. The van der Waals surface area contributed by atoms with Gasteiger partial charge in [-0.25, -0.2) is 0 Å². The van der Waals surface area contributed by atoms with Crippen molar-refractivity contribution < 1.29 is 31.9 Å². The average Bonchev–Trinajstić information content (AvgIpc) is 3.29. The highest BCUT2D eigenvalue weighted by molar-refractivity contribution is 6.30. The smallest absolute Gasteiger partial charge is 0.418 e. The van der Waals surface area contributed by atoms with E-state index in [4.69, 9.17) is 20.8 Å². The van der Waals surface area contributed by atoms with Crippen molar-refractivity contribution in [1.29, 1.82) is 0 Å². The third-order valence-electron chi connectivity index (χ3n) is 5.03. The van der Waals surface area contributed by atoms with Crippen LogP contribution in [0, 0.1) is 0 Å². The minimum Gasteiger partial charge on any atom is -0.418 e. The first-order chi connectivity index (χ1) is 16.3. The minimum absolute atomic E-state index is 0.0984. The summed E-state index contributed by atoms with van der Waals surface area (Å²) >= 11 is 5.90. The van der Waals surface area contributed by atoms with Gasteiger partial charge in [-0.05, 0) is 48.5 Å². The van der Waals surface area contributed by atoms with Crippen molar-refractivity contribution in [3.8, 4) is 17.2 Å². The van der Waals surface area contributed by atoms with Crippen molar-refractivity contribution in [2.45, 2.75) is 12.4 Å². The molecule has 0 spiro atoms. The summed E-state index contributed by atoms with van der Waals surface area (Å²) in [5.74, 6) is -0.444. The summed E-state index contributed by atoms with van der Waals surface area (Å²) in [6, 6.07) is 10.9. The van der Waals surface area contributed by atoms with Gasteiger partial charge in [0.2, 0.25) is 11.8 Å². The molecule has 0 aliphatic carbocycles. The van der Waals surface area contributed by atoms with Crippen LogP contribution in [0.15, 0.2) is 52.9 Å². The van der Waals surface area contributed by atoms with Crippen molar-refractivity contribution in [1.82, 2.24) is 20.4 Å². The molecule has 34 heavy (non-hydrogen) atoms. The van der Waals surface area contributed by atoms with Gasteiger partial charge in [0.1, 0.15) is 11.8 Å². The summed E-state index contributed by atoms with van der Waals surface area (Å²) in [6.45, 7) is 2.89. The molecule has 2 heterocycles. The van der Waals surface area contributed by atoms with E-state index in [9.17, 15) is 18.0 Å². The summed E-state index contributed by atoms with van der Waals surface area (Å²) in [4.78, 5) is 14.9. The van der Waals surface area contributed by atoms with Crippen LogP contribution >= 0.6 is 11.6 Å². The number of hydrogen-bond acceptors (Lipinski definition) is 7.